The van der Waals surface area contributed by atoms with E-state index in [2.05, 4.69) is 5.32 Å². The average Bonchev–Trinajstić information content (AvgIpc) is 2.82. The Morgan fingerprint density at radius 1 is 0.939 bits per heavy atom. The van der Waals surface area contributed by atoms with Gasteiger partial charge in [-0.2, -0.15) is 0 Å². The maximum atomic E-state index is 13.3. The normalized spacial score (nSPS) is 11.5. The van der Waals surface area contributed by atoms with E-state index in [1.165, 1.54) is 24.3 Å². The fourth-order valence-electron chi connectivity index (χ4n) is 3.49. The molecule has 0 aliphatic carbocycles. The highest BCUT2D eigenvalue weighted by atomic mass is 19.1. The number of benzene rings is 3. The molecule has 0 saturated carbocycles. The van der Waals surface area contributed by atoms with E-state index in [1.54, 1.807) is 4.90 Å². The topological polar surface area (TPSA) is 58.6 Å². The molecule has 0 bridgehead atoms. The molecule has 0 fully saturated rings. The highest BCUT2D eigenvalue weighted by Crippen LogP contribution is 2.17. The van der Waals surface area contributed by atoms with Crippen LogP contribution < -0.4 is 10.1 Å². The number of halogens is 1. The molecule has 33 heavy (non-hydrogen) atoms. The highest BCUT2D eigenvalue weighted by molar-refractivity contribution is 5.88. The van der Waals surface area contributed by atoms with Gasteiger partial charge in [-0.1, -0.05) is 60.2 Å². The first-order chi connectivity index (χ1) is 16.0. The lowest BCUT2D eigenvalue weighted by molar-refractivity contribution is -0.142. The number of nitrogens with one attached hydrogen (secondary N) is 1. The first-order valence-electron chi connectivity index (χ1n) is 11.0. The van der Waals surface area contributed by atoms with Gasteiger partial charge in [0.15, 0.2) is 6.61 Å². The van der Waals surface area contributed by atoms with Gasteiger partial charge in [0.1, 0.15) is 17.6 Å². The van der Waals surface area contributed by atoms with E-state index >= 15 is 0 Å². The van der Waals surface area contributed by atoms with Crippen molar-refractivity contribution in [2.75, 3.05) is 13.2 Å². The second-order valence-electron chi connectivity index (χ2n) is 7.85. The van der Waals surface area contributed by atoms with Crippen LogP contribution in [-0.2, 0) is 22.6 Å². The van der Waals surface area contributed by atoms with Crippen LogP contribution in [0.25, 0.3) is 0 Å². The zero-order valence-corrected chi connectivity index (χ0v) is 19.0. The number of ether oxygens (including phenoxy) is 1. The molecule has 1 unspecified atom stereocenters. The Morgan fingerprint density at radius 2 is 1.61 bits per heavy atom. The summed E-state index contributed by atoms with van der Waals surface area (Å²) in [6.45, 7) is 4.31. The van der Waals surface area contributed by atoms with E-state index in [1.807, 2.05) is 68.4 Å². The lowest BCUT2D eigenvalue weighted by Crippen LogP contribution is -2.51. The van der Waals surface area contributed by atoms with Gasteiger partial charge in [0.25, 0.3) is 5.91 Å². The van der Waals surface area contributed by atoms with Crippen LogP contribution in [0.15, 0.2) is 78.9 Å². The Hall–Kier alpha value is -3.67. The van der Waals surface area contributed by atoms with E-state index in [4.69, 9.17) is 4.74 Å². The molecule has 1 atom stereocenters. The standard InChI is InChI=1S/C27H29FN2O3/c1-3-29-27(32)25(17-21-7-5-4-6-8-21)30(18-22-11-9-20(2)10-12-22)26(31)19-33-24-15-13-23(28)14-16-24/h4-16,25H,3,17-19H2,1-2H3,(H,29,32). The van der Waals surface area contributed by atoms with Crippen LogP contribution in [0, 0.1) is 12.7 Å². The molecule has 0 saturated heterocycles. The maximum Gasteiger partial charge on any atom is 0.261 e. The molecule has 0 aromatic heterocycles. The van der Waals surface area contributed by atoms with Crippen LogP contribution in [-0.4, -0.2) is 35.9 Å². The van der Waals surface area contributed by atoms with Crippen molar-refractivity contribution < 1.29 is 18.7 Å². The summed E-state index contributed by atoms with van der Waals surface area (Å²) < 4.78 is 18.8. The van der Waals surface area contributed by atoms with Gasteiger partial charge in [0.05, 0.1) is 0 Å². The van der Waals surface area contributed by atoms with Gasteiger partial charge in [-0.15, -0.1) is 0 Å². The summed E-state index contributed by atoms with van der Waals surface area (Å²) in [5, 5.41) is 2.86. The summed E-state index contributed by atoms with van der Waals surface area (Å²) in [7, 11) is 0. The van der Waals surface area contributed by atoms with Crippen LogP contribution in [0.1, 0.15) is 23.6 Å². The van der Waals surface area contributed by atoms with Crippen molar-refractivity contribution in [2.24, 2.45) is 0 Å². The number of likely N-dealkylation sites (N-methyl/N-ethyl adjacent to an activating group) is 1. The SMILES string of the molecule is CCNC(=O)C(Cc1ccccc1)N(Cc1ccc(C)cc1)C(=O)COc1ccc(F)cc1. The van der Waals surface area contributed by atoms with Crippen molar-refractivity contribution in [3.8, 4) is 5.75 Å². The molecule has 2 amide bonds. The fraction of sp³-hybridized carbons (Fsp3) is 0.259. The summed E-state index contributed by atoms with van der Waals surface area (Å²) in [4.78, 5) is 28.0. The second kappa shape index (κ2) is 11.8. The molecule has 0 aliphatic rings. The van der Waals surface area contributed by atoms with E-state index in [9.17, 15) is 14.0 Å². The van der Waals surface area contributed by atoms with Crippen LogP contribution in [0.5, 0.6) is 5.75 Å². The second-order valence-corrected chi connectivity index (χ2v) is 7.85. The first kappa shape index (κ1) is 24.0. The molecular formula is C27H29FN2O3. The molecule has 0 radical (unpaired) electrons. The number of hydrogen-bond acceptors (Lipinski definition) is 3. The number of nitrogens with zero attached hydrogens (tertiary/aromatic N) is 1. The van der Waals surface area contributed by atoms with Crippen molar-refractivity contribution in [1.82, 2.24) is 10.2 Å². The Balaban J connectivity index is 1.87. The van der Waals surface area contributed by atoms with E-state index in [0.29, 0.717) is 18.7 Å². The van der Waals surface area contributed by atoms with Gasteiger partial charge in [0.2, 0.25) is 5.91 Å². The van der Waals surface area contributed by atoms with E-state index in [0.717, 1.165) is 16.7 Å². The minimum atomic E-state index is -0.710. The number of carbonyl (C=O) groups excluding carboxylic acids is 2. The number of rotatable bonds is 10. The Morgan fingerprint density at radius 3 is 2.24 bits per heavy atom. The molecule has 0 heterocycles. The third kappa shape index (κ3) is 7.17. The molecule has 6 heteroatoms. The van der Waals surface area contributed by atoms with Crippen molar-refractivity contribution in [3.63, 3.8) is 0 Å². The zero-order valence-electron chi connectivity index (χ0n) is 19.0. The highest BCUT2D eigenvalue weighted by Gasteiger charge is 2.30. The maximum absolute atomic E-state index is 13.3. The molecule has 3 rings (SSSR count). The van der Waals surface area contributed by atoms with Gasteiger partial charge < -0.3 is 15.0 Å². The number of carbonyl (C=O) groups is 2. The van der Waals surface area contributed by atoms with Gasteiger partial charge in [-0.3, -0.25) is 9.59 Å². The van der Waals surface area contributed by atoms with Crippen LogP contribution in [0.2, 0.25) is 0 Å². The van der Waals surface area contributed by atoms with Crippen LogP contribution in [0.3, 0.4) is 0 Å². The number of aryl methyl sites for hydroxylation is 1. The summed E-state index contributed by atoms with van der Waals surface area (Å²) in [5.41, 5.74) is 2.98. The monoisotopic (exact) mass is 448 g/mol. The quantitative estimate of drug-likeness (QED) is 0.503. The number of hydrogen-bond donors (Lipinski definition) is 1. The summed E-state index contributed by atoms with van der Waals surface area (Å²) in [6.07, 6.45) is 0.376. The average molecular weight is 449 g/mol. The first-order valence-corrected chi connectivity index (χ1v) is 11.0. The van der Waals surface area contributed by atoms with Crippen LogP contribution >= 0.6 is 0 Å². The predicted molar refractivity (Wildman–Crippen MR) is 126 cm³/mol. The molecular weight excluding hydrogens is 419 g/mol. The van der Waals surface area contributed by atoms with Crippen molar-refractivity contribution >= 4 is 11.8 Å². The molecule has 1 N–H and O–H groups in total. The third-order valence-corrected chi connectivity index (χ3v) is 5.27. The smallest absolute Gasteiger partial charge is 0.261 e. The minimum absolute atomic E-state index is 0.219. The molecule has 0 aliphatic heterocycles. The molecule has 0 spiro atoms. The van der Waals surface area contributed by atoms with Gasteiger partial charge >= 0.3 is 0 Å². The fourth-order valence-corrected chi connectivity index (χ4v) is 3.49. The summed E-state index contributed by atoms with van der Waals surface area (Å²) in [5.74, 6) is -0.540. The van der Waals surface area contributed by atoms with Crippen molar-refractivity contribution in [2.45, 2.75) is 32.9 Å². The minimum Gasteiger partial charge on any atom is -0.484 e. The Labute approximate surface area is 194 Å². The molecule has 172 valence electrons. The zero-order chi connectivity index (χ0) is 23.6. The Kier molecular flexibility index (Phi) is 8.58. The number of amides is 2. The summed E-state index contributed by atoms with van der Waals surface area (Å²) >= 11 is 0. The van der Waals surface area contributed by atoms with Crippen molar-refractivity contribution in [3.05, 3.63) is 101 Å². The van der Waals surface area contributed by atoms with Gasteiger partial charge in [0, 0.05) is 19.5 Å². The molecule has 3 aromatic rings. The van der Waals surface area contributed by atoms with Crippen LogP contribution in [0.4, 0.5) is 4.39 Å². The Bertz CT molecular complexity index is 1040. The van der Waals surface area contributed by atoms with E-state index in [-0.39, 0.29) is 30.8 Å². The largest absolute Gasteiger partial charge is 0.484 e. The third-order valence-electron chi connectivity index (χ3n) is 5.27. The lowest BCUT2D eigenvalue weighted by Gasteiger charge is -2.31. The van der Waals surface area contributed by atoms with Gasteiger partial charge in [-0.05, 0) is 49.2 Å². The lowest BCUT2D eigenvalue weighted by atomic mass is 10.0. The predicted octanol–water partition coefficient (Wildman–Crippen LogP) is 4.29. The van der Waals surface area contributed by atoms with E-state index < -0.39 is 6.04 Å². The van der Waals surface area contributed by atoms with Crippen molar-refractivity contribution in [1.29, 1.82) is 0 Å². The van der Waals surface area contributed by atoms with Gasteiger partial charge in [-0.25, -0.2) is 4.39 Å². The molecule has 5 nitrogen and oxygen atoms in total. The molecule has 3 aromatic carbocycles. The summed E-state index contributed by atoms with van der Waals surface area (Å²) in [6, 6.07) is 22.3.